The van der Waals surface area contributed by atoms with E-state index < -0.39 is 5.91 Å². The van der Waals surface area contributed by atoms with Gasteiger partial charge in [-0.1, -0.05) is 0 Å². The summed E-state index contributed by atoms with van der Waals surface area (Å²) in [6.45, 7) is 0. The van der Waals surface area contributed by atoms with Crippen LogP contribution in [0.1, 0.15) is 64.6 Å². The van der Waals surface area contributed by atoms with Crippen LogP contribution in [0.5, 0.6) is 23.0 Å². The SMILES string of the molecule is COc1cc2nccc(Oc3ccc(NC(=O)c4cc5c(n(C6CCC6)c4=O)CCCC5=O)nc3)c2cc1OC. The van der Waals surface area contributed by atoms with Crippen molar-refractivity contribution in [3.05, 3.63) is 76.0 Å². The number of methoxy groups -OCH3 is 2. The molecule has 1 N–H and O–H groups in total. The van der Waals surface area contributed by atoms with Crippen molar-refractivity contribution in [2.75, 3.05) is 19.5 Å². The molecule has 3 heterocycles. The van der Waals surface area contributed by atoms with E-state index in [0.717, 1.165) is 36.8 Å². The maximum atomic E-state index is 13.4. The van der Waals surface area contributed by atoms with Gasteiger partial charge in [0.2, 0.25) is 0 Å². The van der Waals surface area contributed by atoms with Crippen molar-refractivity contribution in [2.24, 2.45) is 0 Å². The quantitative estimate of drug-likeness (QED) is 0.344. The van der Waals surface area contributed by atoms with Gasteiger partial charge in [-0.3, -0.25) is 19.4 Å². The monoisotopic (exact) mass is 540 g/mol. The highest BCUT2D eigenvalue weighted by Crippen LogP contribution is 2.37. The van der Waals surface area contributed by atoms with E-state index in [1.54, 1.807) is 55.3 Å². The largest absolute Gasteiger partial charge is 0.493 e. The molecule has 0 atom stereocenters. The van der Waals surface area contributed by atoms with Crippen molar-refractivity contribution in [3.8, 4) is 23.0 Å². The van der Waals surface area contributed by atoms with E-state index in [2.05, 4.69) is 15.3 Å². The highest BCUT2D eigenvalue weighted by Gasteiger charge is 2.31. The molecule has 0 spiro atoms. The Bertz CT molecular complexity index is 1690. The fourth-order valence-electron chi connectivity index (χ4n) is 5.27. The molecule has 0 saturated heterocycles. The highest BCUT2D eigenvalue weighted by molar-refractivity contribution is 6.06. The molecule has 204 valence electrons. The molecule has 1 saturated carbocycles. The summed E-state index contributed by atoms with van der Waals surface area (Å²) in [7, 11) is 3.12. The lowest BCUT2D eigenvalue weighted by Gasteiger charge is -2.32. The second-order valence-electron chi connectivity index (χ2n) is 9.92. The minimum atomic E-state index is -0.596. The molecule has 0 radical (unpaired) electrons. The molecule has 40 heavy (non-hydrogen) atoms. The molecule has 1 amide bonds. The van der Waals surface area contributed by atoms with Gasteiger partial charge in [0, 0.05) is 41.4 Å². The van der Waals surface area contributed by atoms with E-state index in [0.29, 0.717) is 46.9 Å². The van der Waals surface area contributed by atoms with Crippen LogP contribution >= 0.6 is 0 Å². The van der Waals surface area contributed by atoms with Crippen molar-refractivity contribution in [1.82, 2.24) is 14.5 Å². The molecule has 3 aromatic heterocycles. The summed E-state index contributed by atoms with van der Waals surface area (Å²) in [6.07, 6.45) is 7.71. The molecule has 0 unspecified atom stereocenters. The first kappa shape index (κ1) is 25.5. The number of Topliss-reactive ketones (excluding diaryl/α,β-unsaturated/α-hetero) is 1. The van der Waals surface area contributed by atoms with Crippen molar-refractivity contribution in [1.29, 1.82) is 0 Å². The van der Waals surface area contributed by atoms with Crippen molar-refractivity contribution in [3.63, 3.8) is 0 Å². The summed E-state index contributed by atoms with van der Waals surface area (Å²) in [5, 5.41) is 3.42. The van der Waals surface area contributed by atoms with Crippen LogP contribution in [-0.2, 0) is 6.42 Å². The number of carbonyl (C=O) groups excluding carboxylic acids is 2. The summed E-state index contributed by atoms with van der Waals surface area (Å²) in [4.78, 5) is 47.9. The minimum absolute atomic E-state index is 0.0253. The molecule has 1 fully saturated rings. The molecule has 6 rings (SSSR count). The Hall–Kier alpha value is -4.73. The molecular formula is C30H28N4O6. The predicted molar refractivity (Wildman–Crippen MR) is 148 cm³/mol. The van der Waals surface area contributed by atoms with Gasteiger partial charge in [-0.25, -0.2) is 4.98 Å². The number of pyridine rings is 3. The Kier molecular flexibility index (Phi) is 6.67. The van der Waals surface area contributed by atoms with Crippen molar-refractivity contribution < 1.29 is 23.8 Å². The van der Waals surface area contributed by atoms with Gasteiger partial charge in [0.1, 0.15) is 22.9 Å². The molecule has 0 aliphatic heterocycles. The normalized spacial score (nSPS) is 14.8. The van der Waals surface area contributed by atoms with E-state index in [9.17, 15) is 14.4 Å². The number of fused-ring (bicyclic) bond motifs is 2. The Morgan fingerprint density at radius 3 is 2.45 bits per heavy atom. The summed E-state index contributed by atoms with van der Waals surface area (Å²) in [6, 6.07) is 10.0. The molecule has 0 bridgehead atoms. The number of hydrogen-bond donors (Lipinski definition) is 1. The average Bonchev–Trinajstić information content (AvgIpc) is 2.94. The van der Waals surface area contributed by atoms with Gasteiger partial charge in [0.15, 0.2) is 17.3 Å². The van der Waals surface area contributed by atoms with Gasteiger partial charge in [0.05, 0.1) is 25.9 Å². The Morgan fingerprint density at radius 1 is 0.950 bits per heavy atom. The number of benzene rings is 1. The molecule has 2 aliphatic carbocycles. The number of carbonyl (C=O) groups is 2. The standard InChI is InChI=1S/C30H28N4O6/c1-38-26-14-19-22(15-27(26)39-2)31-12-11-25(19)40-18-9-10-28(32-16-18)33-29(36)21-13-20-23(7-4-8-24(20)35)34(30(21)37)17-5-3-6-17/h9-17H,3-8H2,1-2H3,(H,32,33,36). The summed E-state index contributed by atoms with van der Waals surface area (Å²) >= 11 is 0. The van der Waals surface area contributed by atoms with Gasteiger partial charge in [-0.15, -0.1) is 0 Å². The molecule has 10 heteroatoms. The minimum Gasteiger partial charge on any atom is -0.493 e. The van der Waals surface area contributed by atoms with Crippen LogP contribution in [0.4, 0.5) is 5.82 Å². The number of anilines is 1. The molecule has 10 nitrogen and oxygen atoms in total. The zero-order chi connectivity index (χ0) is 27.8. The lowest BCUT2D eigenvalue weighted by Crippen LogP contribution is -2.38. The molecular weight excluding hydrogens is 512 g/mol. The van der Waals surface area contributed by atoms with Gasteiger partial charge in [-0.2, -0.15) is 0 Å². The molecule has 4 aromatic rings. The van der Waals surface area contributed by atoms with Crippen LogP contribution in [-0.4, -0.2) is 40.4 Å². The third kappa shape index (κ3) is 4.55. The van der Waals surface area contributed by atoms with Crippen molar-refractivity contribution in [2.45, 2.75) is 44.6 Å². The van der Waals surface area contributed by atoms with E-state index in [4.69, 9.17) is 14.2 Å². The number of nitrogens with one attached hydrogen (secondary N) is 1. The lowest BCUT2D eigenvalue weighted by molar-refractivity contribution is 0.0968. The third-order valence-corrected chi connectivity index (χ3v) is 7.55. The topological polar surface area (TPSA) is 122 Å². The van der Waals surface area contributed by atoms with Crippen LogP contribution in [0.2, 0.25) is 0 Å². The first-order chi connectivity index (χ1) is 19.5. The van der Waals surface area contributed by atoms with E-state index in [1.807, 2.05) is 0 Å². The van der Waals surface area contributed by atoms with Gasteiger partial charge < -0.3 is 24.1 Å². The number of ether oxygens (including phenoxy) is 3. The number of rotatable bonds is 7. The van der Waals surface area contributed by atoms with Crippen LogP contribution in [0.15, 0.2) is 53.6 Å². The zero-order valence-corrected chi connectivity index (χ0v) is 22.2. The maximum Gasteiger partial charge on any atom is 0.263 e. The fraction of sp³-hybridized carbons (Fsp3) is 0.300. The van der Waals surface area contributed by atoms with Gasteiger partial charge in [0.25, 0.3) is 11.5 Å². The Morgan fingerprint density at radius 2 is 1.75 bits per heavy atom. The Balaban J connectivity index is 1.24. The number of amides is 1. The predicted octanol–water partition coefficient (Wildman–Crippen LogP) is 5.10. The second kappa shape index (κ2) is 10.4. The number of nitrogens with zero attached hydrogens (tertiary/aromatic N) is 3. The van der Waals surface area contributed by atoms with E-state index in [-0.39, 0.29) is 28.8 Å². The number of hydrogen-bond acceptors (Lipinski definition) is 8. The lowest BCUT2D eigenvalue weighted by atomic mass is 9.88. The second-order valence-corrected chi connectivity index (χ2v) is 9.92. The first-order valence-electron chi connectivity index (χ1n) is 13.2. The van der Waals surface area contributed by atoms with Crippen molar-refractivity contribution >= 4 is 28.4 Å². The number of ketones is 1. The van der Waals surface area contributed by atoms with Crippen LogP contribution in [0.25, 0.3) is 10.9 Å². The van der Waals surface area contributed by atoms with Crippen LogP contribution in [0, 0.1) is 0 Å². The van der Waals surface area contributed by atoms with Gasteiger partial charge in [-0.05, 0) is 62.4 Å². The summed E-state index contributed by atoms with van der Waals surface area (Å²) in [5.41, 5.74) is 1.52. The average molecular weight is 541 g/mol. The van der Waals surface area contributed by atoms with E-state index >= 15 is 0 Å². The zero-order valence-electron chi connectivity index (χ0n) is 22.2. The third-order valence-electron chi connectivity index (χ3n) is 7.55. The van der Waals surface area contributed by atoms with Gasteiger partial charge >= 0.3 is 0 Å². The Labute approximate surface area is 229 Å². The van der Waals surface area contributed by atoms with Crippen LogP contribution < -0.4 is 25.1 Å². The fourth-order valence-corrected chi connectivity index (χ4v) is 5.27. The van der Waals surface area contributed by atoms with E-state index in [1.165, 1.54) is 12.3 Å². The first-order valence-corrected chi connectivity index (χ1v) is 13.2. The van der Waals surface area contributed by atoms with Crippen LogP contribution in [0.3, 0.4) is 0 Å². The highest BCUT2D eigenvalue weighted by atomic mass is 16.5. The summed E-state index contributed by atoms with van der Waals surface area (Å²) in [5.74, 6) is 1.71. The smallest absolute Gasteiger partial charge is 0.263 e. The molecule has 1 aromatic carbocycles. The molecule has 2 aliphatic rings. The number of aromatic nitrogens is 3. The maximum absolute atomic E-state index is 13.4. The summed E-state index contributed by atoms with van der Waals surface area (Å²) < 4.78 is 18.5.